The van der Waals surface area contributed by atoms with Crippen LogP contribution in [0.1, 0.15) is 18.2 Å². The van der Waals surface area contributed by atoms with Gasteiger partial charge < -0.3 is 14.9 Å². The lowest BCUT2D eigenvalue weighted by Crippen LogP contribution is -2.12. The Labute approximate surface area is 112 Å². The number of nitrogens with one attached hydrogen (secondary N) is 1. The number of benzene rings is 1. The molecule has 19 heavy (non-hydrogen) atoms. The molecule has 102 valence electrons. The standard InChI is InChI=1S/C14H19N3O2/c1-5-9-8(2)16-14-11(19-4)7-6-10(18-3)12(14)13(9)17-15/h6-7H,5,15H2,1-4H3,(H,16,17). The van der Waals surface area contributed by atoms with Gasteiger partial charge >= 0.3 is 0 Å². The smallest absolute Gasteiger partial charge is 0.145 e. The van der Waals surface area contributed by atoms with Gasteiger partial charge in [-0.3, -0.25) is 5.84 Å². The number of hydrogen-bond donors (Lipinski definition) is 2. The minimum atomic E-state index is 0.707. The SMILES string of the molecule is CCc1c(C)nc2c(OC)ccc(OC)c2c1NN. The third kappa shape index (κ3) is 2.06. The summed E-state index contributed by atoms with van der Waals surface area (Å²) in [6.45, 7) is 4.04. The number of nitrogens with two attached hydrogens (primary N) is 1. The average molecular weight is 261 g/mol. The fourth-order valence-corrected chi connectivity index (χ4v) is 2.40. The molecule has 1 aromatic carbocycles. The van der Waals surface area contributed by atoms with Crippen molar-refractivity contribution < 1.29 is 9.47 Å². The lowest BCUT2D eigenvalue weighted by atomic mass is 10.0. The number of ether oxygens (including phenoxy) is 2. The monoisotopic (exact) mass is 261 g/mol. The molecule has 0 saturated heterocycles. The molecule has 0 spiro atoms. The molecule has 0 bridgehead atoms. The zero-order valence-corrected chi connectivity index (χ0v) is 11.7. The number of nitrogens with zero attached hydrogens (tertiary/aromatic N) is 1. The van der Waals surface area contributed by atoms with Crippen molar-refractivity contribution in [3.63, 3.8) is 0 Å². The number of nitrogen functional groups attached to an aromatic ring is 1. The molecule has 0 aliphatic rings. The van der Waals surface area contributed by atoms with Crippen LogP contribution in [0.5, 0.6) is 11.5 Å². The highest BCUT2D eigenvalue weighted by molar-refractivity contribution is 6.01. The Morgan fingerprint density at radius 2 is 1.84 bits per heavy atom. The van der Waals surface area contributed by atoms with Crippen molar-refractivity contribution in [1.82, 2.24) is 4.98 Å². The summed E-state index contributed by atoms with van der Waals surface area (Å²) in [4.78, 5) is 4.63. The maximum absolute atomic E-state index is 5.70. The van der Waals surface area contributed by atoms with Crippen molar-refractivity contribution >= 4 is 16.6 Å². The van der Waals surface area contributed by atoms with E-state index in [0.717, 1.165) is 40.0 Å². The predicted molar refractivity (Wildman–Crippen MR) is 76.8 cm³/mol. The molecule has 1 aromatic heterocycles. The third-order valence-corrected chi connectivity index (χ3v) is 3.31. The van der Waals surface area contributed by atoms with Crippen LogP contribution in [0.25, 0.3) is 10.9 Å². The number of anilines is 1. The first-order chi connectivity index (χ1) is 9.17. The molecule has 2 rings (SSSR count). The van der Waals surface area contributed by atoms with Gasteiger partial charge in [0.2, 0.25) is 0 Å². The minimum Gasteiger partial charge on any atom is -0.496 e. The van der Waals surface area contributed by atoms with Crippen molar-refractivity contribution in [2.24, 2.45) is 5.84 Å². The normalized spacial score (nSPS) is 10.6. The number of rotatable bonds is 4. The van der Waals surface area contributed by atoms with Gasteiger partial charge in [0.25, 0.3) is 0 Å². The highest BCUT2D eigenvalue weighted by Gasteiger charge is 2.17. The van der Waals surface area contributed by atoms with Gasteiger partial charge in [0.15, 0.2) is 0 Å². The van der Waals surface area contributed by atoms with Crippen molar-refractivity contribution in [3.8, 4) is 11.5 Å². The van der Waals surface area contributed by atoms with E-state index < -0.39 is 0 Å². The van der Waals surface area contributed by atoms with Gasteiger partial charge in [-0.25, -0.2) is 4.98 Å². The fourth-order valence-electron chi connectivity index (χ4n) is 2.40. The maximum Gasteiger partial charge on any atom is 0.145 e. The summed E-state index contributed by atoms with van der Waals surface area (Å²) in [6.07, 6.45) is 0.842. The lowest BCUT2D eigenvalue weighted by molar-refractivity contribution is 0.409. The summed E-state index contributed by atoms with van der Waals surface area (Å²) in [7, 11) is 3.26. The number of pyridine rings is 1. The minimum absolute atomic E-state index is 0.707. The van der Waals surface area contributed by atoms with Gasteiger partial charge in [0.05, 0.1) is 25.3 Å². The summed E-state index contributed by atoms with van der Waals surface area (Å²) < 4.78 is 10.8. The van der Waals surface area contributed by atoms with Crippen LogP contribution in [0.4, 0.5) is 5.69 Å². The Bertz CT molecular complexity index is 611. The number of aromatic nitrogens is 1. The Morgan fingerprint density at radius 1 is 1.21 bits per heavy atom. The van der Waals surface area contributed by atoms with Crippen LogP contribution in [0.3, 0.4) is 0 Å². The zero-order chi connectivity index (χ0) is 14.0. The Morgan fingerprint density at radius 3 is 2.37 bits per heavy atom. The summed E-state index contributed by atoms with van der Waals surface area (Å²) in [6, 6.07) is 3.71. The lowest BCUT2D eigenvalue weighted by Gasteiger charge is -2.17. The van der Waals surface area contributed by atoms with Crippen LogP contribution in [-0.2, 0) is 6.42 Å². The van der Waals surface area contributed by atoms with Gasteiger partial charge in [0, 0.05) is 5.69 Å². The molecule has 0 atom stereocenters. The van der Waals surface area contributed by atoms with Gasteiger partial charge in [-0.05, 0) is 31.0 Å². The Hall–Kier alpha value is -2.01. The van der Waals surface area contributed by atoms with Gasteiger partial charge in [-0.1, -0.05) is 6.92 Å². The van der Waals surface area contributed by atoms with Gasteiger partial charge in [-0.15, -0.1) is 0 Å². The van der Waals surface area contributed by atoms with Crippen LogP contribution in [0, 0.1) is 6.92 Å². The van der Waals surface area contributed by atoms with Crippen LogP contribution >= 0.6 is 0 Å². The van der Waals surface area contributed by atoms with Gasteiger partial charge in [0.1, 0.15) is 17.0 Å². The molecular weight excluding hydrogens is 242 g/mol. The van der Waals surface area contributed by atoms with Crippen LogP contribution in [0.2, 0.25) is 0 Å². The van der Waals surface area contributed by atoms with Crippen molar-refractivity contribution in [3.05, 3.63) is 23.4 Å². The zero-order valence-electron chi connectivity index (χ0n) is 11.7. The molecule has 5 nitrogen and oxygen atoms in total. The summed E-state index contributed by atoms with van der Waals surface area (Å²) >= 11 is 0. The molecule has 0 aliphatic heterocycles. The van der Waals surface area contributed by atoms with Crippen molar-refractivity contribution in [2.45, 2.75) is 20.3 Å². The second-order valence-electron chi connectivity index (χ2n) is 4.24. The molecule has 5 heteroatoms. The molecule has 1 heterocycles. The molecule has 2 aromatic rings. The third-order valence-electron chi connectivity index (χ3n) is 3.31. The second kappa shape index (κ2) is 5.32. The highest BCUT2D eigenvalue weighted by Crippen LogP contribution is 2.39. The van der Waals surface area contributed by atoms with E-state index >= 15 is 0 Å². The molecule has 0 aliphatic carbocycles. The van der Waals surface area contributed by atoms with Gasteiger partial charge in [-0.2, -0.15) is 0 Å². The van der Waals surface area contributed by atoms with E-state index in [-0.39, 0.29) is 0 Å². The Kier molecular flexibility index (Phi) is 3.76. The molecule has 0 unspecified atom stereocenters. The van der Waals surface area contributed by atoms with E-state index in [1.165, 1.54) is 0 Å². The first-order valence-electron chi connectivity index (χ1n) is 6.18. The summed E-state index contributed by atoms with van der Waals surface area (Å²) in [5, 5.41) is 0.854. The second-order valence-corrected chi connectivity index (χ2v) is 4.24. The topological polar surface area (TPSA) is 69.4 Å². The quantitative estimate of drug-likeness (QED) is 0.653. The first-order valence-corrected chi connectivity index (χ1v) is 6.18. The highest BCUT2D eigenvalue weighted by atomic mass is 16.5. The average Bonchev–Trinajstić information content (AvgIpc) is 2.44. The van der Waals surface area contributed by atoms with E-state index in [1.54, 1.807) is 14.2 Å². The van der Waals surface area contributed by atoms with E-state index in [4.69, 9.17) is 15.3 Å². The summed E-state index contributed by atoms with van der Waals surface area (Å²) in [5.74, 6) is 7.14. The van der Waals surface area contributed by atoms with Crippen LogP contribution in [0.15, 0.2) is 12.1 Å². The number of hydrazine groups is 1. The van der Waals surface area contributed by atoms with E-state index in [2.05, 4.69) is 17.3 Å². The molecule has 0 amide bonds. The van der Waals surface area contributed by atoms with E-state index in [0.29, 0.717) is 5.75 Å². The number of methoxy groups -OCH3 is 2. The first kappa shape index (κ1) is 13.4. The Balaban J connectivity index is 2.96. The molecular formula is C14H19N3O2. The number of aryl methyl sites for hydroxylation is 1. The number of hydrogen-bond acceptors (Lipinski definition) is 5. The molecule has 3 N–H and O–H groups in total. The molecule has 0 radical (unpaired) electrons. The maximum atomic E-state index is 5.70. The summed E-state index contributed by atoms with van der Waals surface area (Å²) in [5.41, 5.74) is 6.41. The van der Waals surface area contributed by atoms with Crippen LogP contribution < -0.4 is 20.7 Å². The van der Waals surface area contributed by atoms with E-state index in [9.17, 15) is 0 Å². The number of fused-ring (bicyclic) bond motifs is 1. The molecule has 0 fully saturated rings. The van der Waals surface area contributed by atoms with Crippen LogP contribution in [-0.4, -0.2) is 19.2 Å². The molecule has 0 saturated carbocycles. The fraction of sp³-hybridized carbons (Fsp3) is 0.357. The van der Waals surface area contributed by atoms with Crippen molar-refractivity contribution in [1.29, 1.82) is 0 Å². The largest absolute Gasteiger partial charge is 0.496 e. The van der Waals surface area contributed by atoms with E-state index in [1.807, 2.05) is 19.1 Å². The predicted octanol–water partition coefficient (Wildman–Crippen LogP) is 2.41. The van der Waals surface area contributed by atoms with Crippen molar-refractivity contribution in [2.75, 3.05) is 19.6 Å².